The van der Waals surface area contributed by atoms with E-state index in [9.17, 15) is 14.5 Å². The van der Waals surface area contributed by atoms with Crippen molar-refractivity contribution in [1.29, 1.82) is 0 Å². The predicted octanol–water partition coefficient (Wildman–Crippen LogP) is 1.77. The number of aryl methyl sites for hydroxylation is 2. The zero-order chi connectivity index (χ0) is 10.7. The lowest BCUT2D eigenvalue weighted by atomic mass is 10.3. The van der Waals surface area contributed by atoms with Gasteiger partial charge in [0.1, 0.15) is 11.4 Å². The molecule has 0 unspecified atom stereocenters. The molecule has 1 aromatic rings. The highest BCUT2D eigenvalue weighted by molar-refractivity contribution is 5.39. The van der Waals surface area contributed by atoms with Crippen LogP contribution in [-0.2, 0) is 6.54 Å². The summed E-state index contributed by atoms with van der Waals surface area (Å²) in [5.41, 5.74) is 0.899. The molecule has 5 nitrogen and oxygen atoms in total. The van der Waals surface area contributed by atoms with Crippen molar-refractivity contribution >= 4 is 5.69 Å². The fourth-order valence-corrected chi connectivity index (χ4v) is 1.38. The molecule has 0 spiro atoms. The fourth-order valence-electron chi connectivity index (χ4n) is 1.38. The molecule has 1 heterocycles. The van der Waals surface area contributed by atoms with Crippen LogP contribution in [0.2, 0.25) is 0 Å². The topological polar surface area (TPSA) is 61.0 Å². The normalized spacial score (nSPS) is 10.5. The molecule has 0 saturated heterocycles. The Morgan fingerprint density at radius 1 is 1.57 bits per heavy atom. The Balaban J connectivity index is 2.98. The fraction of sp³-hybridized carbons (Fsp3) is 0.625. The largest absolute Gasteiger partial charge is 0.312 e. The number of rotatable bonds is 4. The van der Waals surface area contributed by atoms with Crippen molar-refractivity contribution in [3.05, 3.63) is 21.5 Å². The van der Waals surface area contributed by atoms with Crippen LogP contribution in [0.15, 0.2) is 0 Å². The van der Waals surface area contributed by atoms with Crippen molar-refractivity contribution in [2.75, 3.05) is 6.67 Å². The Labute approximate surface area is 80.7 Å². The number of aromatic nitrogens is 2. The Bertz CT molecular complexity index is 349. The highest BCUT2D eigenvalue weighted by atomic mass is 19.1. The maximum absolute atomic E-state index is 11.9. The van der Waals surface area contributed by atoms with Gasteiger partial charge in [-0.3, -0.25) is 19.2 Å². The van der Waals surface area contributed by atoms with Crippen LogP contribution in [0, 0.1) is 24.0 Å². The standard InChI is InChI=1S/C8H12FN3O2/c1-6-8(12(13)14)7(2)11(10-6)5-3-4-9/h3-5H2,1-2H3. The van der Waals surface area contributed by atoms with Crippen molar-refractivity contribution in [3.63, 3.8) is 0 Å². The lowest BCUT2D eigenvalue weighted by Crippen LogP contribution is -2.03. The maximum Gasteiger partial charge on any atom is 0.312 e. The lowest BCUT2D eigenvalue weighted by Gasteiger charge is -1.99. The van der Waals surface area contributed by atoms with Crippen LogP contribution in [0.4, 0.5) is 10.1 Å². The van der Waals surface area contributed by atoms with Crippen molar-refractivity contribution < 1.29 is 9.31 Å². The summed E-state index contributed by atoms with van der Waals surface area (Å²) in [4.78, 5) is 10.2. The van der Waals surface area contributed by atoms with E-state index in [0.29, 0.717) is 24.4 Å². The molecule has 0 amide bonds. The van der Waals surface area contributed by atoms with Crippen LogP contribution < -0.4 is 0 Å². The van der Waals surface area contributed by atoms with Crippen molar-refractivity contribution in [2.24, 2.45) is 0 Å². The van der Waals surface area contributed by atoms with Gasteiger partial charge in [-0.2, -0.15) is 5.10 Å². The zero-order valence-corrected chi connectivity index (χ0v) is 8.16. The summed E-state index contributed by atoms with van der Waals surface area (Å²) in [7, 11) is 0. The number of hydrogen-bond donors (Lipinski definition) is 0. The summed E-state index contributed by atoms with van der Waals surface area (Å²) in [5.74, 6) is 0. The van der Waals surface area contributed by atoms with E-state index in [4.69, 9.17) is 0 Å². The molecule has 0 aliphatic heterocycles. The number of halogens is 1. The van der Waals surface area contributed by atoms with E-state index >= 15 is 0 Å². The SMILES string of the molecule is Cc1nn(CCCF)c(C)c1[N+](=O)[O-]. The monoisotopic (exact) mass is 201 g/mol. The van der Waals surface area contributed by atoms with Gasteiger partial charge in [0.2, 0.25) is 0 Å². The molecule has 0 radical (unpaired) electrons. The third-order valence-corrected chi connectivity index (χ3v) is 2.03. The maximum atomic E-state index is 11.9. The molecule has 0 aliphatic carbocycles. The number of nitrogens with zero attached hydrogens (tertiary/aromatic N) is 3. The molecule has 78 valence electrons. The van der Waals surface area contributed by atoms with Crippen molar-refractivity contribution in [2.45, 2.75) is 26.8 Å². The summed E-state index contributed by atoms with van der Waals surface area (Å²) in [6.45, 7) is 3.15. The average molecular weight is 201 g/mol. The highest BCUT2D eigenvalue weighted by Gasteiger charge is 2.21. The van der Waals surface area contributed by atoms with Crippen LogP contribution in [0.5, 0.6) is 0 Å². The van der Waals surface area contributed by atoms with Gasteiger partial charge in [-0.25, -0.2) is 0 Å². The van der Waals surface area contributed by atoms with Crippen LogP contribution in [-0.4, -0.2) is 21.4 Å². The lowest BCUT2D eigenvalue weighted by molar-refractivity contribution is -0.386. The second-order valence-electron chi connectivity index (χ2n) is 3.04. The molecule has 14 heavy (non-hydrogen) atoms. The van der Waals surface area contributed by atoms with E-state index in [-0.39, 0.29) is 5.69 Å². The van der Waals surface area contributed by atoms with Crippen LogP contribution in [0.25, 0.3) is 0 Å². The van der Waals surface area contributed by atoms with Gasteiger partial charge in [-0.05, 0) is 20.3 Å². The van der Waals surface area contributed by atoms with Crippen LogP contribution >= 0.6 is 0 Å². The Kier molecular flexibility index (Phi) is 3.16. The molecule has 0 atom stereocenters. The smallest absolute Gasteiger partial charge is 0.262 e. The van der Waals surface area contributed by atoms with Gasteiger partial charge in [-0.15, -0.1) is 0 Å². The molecule has 0 fully saturated rings. The molecule has 1 aromatic heterocycles. The van der Waals surface area contributed by atoms with E-state index in [1.165, 1.54) is 4.68 Å². The summed E-state index contributed by atoms with van der Waals surface area (Å²) in [6.07, 6.45) is 0.332. The number of hydrogen-bond acceptors (Lipinski definition) is 3. The minimum Gasteiger partial charge on any atom is -0.262 e. The second-order valence-corrected chi connectivity index (χ2v) is 3.04. The minimum atomic E-state index is -0.455. The summed E-state index contributed by atoms with van der Waals surface area (Å²) in [5, 5.41) is 14.6. The molecule has 0 aliphatic rings. The molecule has 1 rings (SSSR count). The second kappa shape index (κ2) is 4.17. The summed E-state index contributed by atoms with van der Waals surface area (Å²) < 4.78 is 13.4. The Hall–Kier alpha value is -1.46. The molecular formula is C8H12FN3O2. The van der Waals surface area contributed by atoms with Crippen LogP contribution in [0.3, 0.4) is 0 Å². The van der Waals surface area contributed by atoms with Crippen molar-refractivity contribution in [1.82, 2.24) is 9.78 Å². The summed E-state index contributed by atoms with van der Waals surface area (Å²) in [6, 6.07) is 0. The zero-order valence-electron chi connectivity index (χ0n) is 8.16. The third kappa shape index (κ3) is 1.89. The van der Waals surface area contributed by atoms with E-state index in [1.807, 2.05) is 0 Å². The van der Waals surface area contributed by atoms with E-state index < -0.39 is 11.6 Å². The molecule has 6 heteroatoms. The van der Waals surface area contributed by atoms with E-state index in [2.05, 4.69) is 5.10 Å². The first-order valence-electron chi connectivity index (χ1n) is 4.32. The highest BCUT2D eigenvalue weighted by Crippen LogP contribution is 2.21. The van der Waals surface area contributed by atoms with Gasteiger partial charge in [-0.1, -0.05) is 0 Å². The number of nitro groups is 1. The number of alkyl halides is 1. The minimum absolute atomic E-state index is 0.0314. The molecule has 0 saturated carbocycles. The Morgan fingerprint density at radius 3 is 2.64 bits per heavy atom. The van der Waals surface area contributed by atoms with E-state index in [1.54, 1.807) is 13.8 Å². The third-order valence-electron chi connectivity index (χ3n) is 2.03. The van der Waals surface area contributed by atoms with Gasteiger partial charge >= 0.3 is 5.69 Å². The molecule has 0 bridgehead atoms. The first kappa shape index (κ1) is 10.6. The summed E-state index contributed by atoms with van der Waals surface area (Å²) >= 11 is 0. The van der Waals surface area contributed by atoms with Gasteiger partial charge in [0.25, 0.3) is 0 Å². The molecular weight excluding hydrogens is 189 g/mol. The van der Waals surface area contributed by atoms with Gasteiger partial charge in [0.15, 0.2) is 0 Å². The van der Waals surface area contributed by atoms with Gasteiger partial charge < -0.3 is 0 Å². The van der Waals surface area contributed by atoms with Gasteiger partial charge in [0.05, 0.1) is 11.6 Å². The van der Waals surface area contributed by atoms with Crippen molar-refractivity contribution in [3.8, 4) is 0 Å². The predicted molar refractivity (Wildman–Crippen MR) is 48.9 cm³/mol. The first-order chi connectivity index (χ1) is 6.57. The molecule has 0 N–H and O–H groups in total. The first-order valence-corrected chi connectivity index (χ1v) is 4.32. The average Bonchev–Trinajstić information content (AvgIpc) is 2.38. The van der Waals surface area contributed by atoms with Crippen LogP contribution in [0.1, 0.15) is 17.8 Å². The molecule has 0 aromatic carbocycles. The Morgan fingerprint density at radius 2 is 2.21 bits per heavy atom. The quantitative estimate of drug-likeness (QED) is 0.551. The van der Waals surface area contributed by atoms with Gasteiger partial charge in [0, 0.05) is 6.54 Å². The van der Waals surface area contributed by atoms with E-state index in [0.717, 1.165) is 0 Å².